The van der Waals surface area contributed by atoms with Crippen LogP contribution >= 0.6 is 0 Å². The molecule has 1 saturated heterocycles. The van der Waals surface area contributed by atoms with E-state index in [9.17, 15) is 0 Å². The molecule has 3 heterocycles. The largest absolute Gasteiger partial charge is 0.378 e. The maximum absolute atomic E-state index is 5.48. The van der Waals surface area contributed by atoms with Crippen molar-refractivity contribution in [2.45, 2.75) is 6.92 Å². The number of aryl methyl sites for hydroxylation is 1. The molecule has 0 aliphatic carbocycles. The molecule has 0 spiro atoms. The Hall–Kier alpha value is -3.78. The summed E-state index contributed by atoms with van der Waals surface area (Å²) in [6.07, 6.45) is 1.79. The quantitative estimate of drug-likeness (QED) is 0.507. The summed E-state index contributed by atoms with van der Waals surface area (Å²) in [6.45, 7) is 4.87. The summed E-state index contributed by atoms with van der Waals surface area (Å²) < 4.78 is 5.48. The molecule has 2 aromatic heterocycles. The highest BCUT2D eigenvalue weighted by molar-refractivity contribution is 5.82. The van der Waals surface area contributed by atoms with Crippen molar-refractivity contribution in [3.05, 3.63) is 66.4 Å². The first-order valence-corrected chi connectivity index (χ1v) is 10.3. The number of hydrogen-bond donors (Lipinski definition) is 2. The third kappa shape index (κ3) is 4.54. The van der Waals surface area contributed by atoms with Crippen LogP contribution in [0.5, 0.6) is 0 Å². The first-order chi connectivity index (χ1) is 15.2. The highest BCUT2D eigenvalue weighted by atomic mass is 16.5. The molecular weight excluding hydrogens is 390 g/mol. The zero-order chi connectivity index (χ0) is 21.0. The minimum atomic E-state index is 0.481. The van der Waals surface area contributed by atoms with Crippen molar-refractivity contribution in [1.29, 1.82) is 0 Å². The fraction of sp³-hybridized carbons (Fsp3) is 0.217. The summed E-state index contributed by atoms with van der Waals surface area (Å²) in [5, 5.41) is 7.67. The van der Waals surface area contributed by atoms with E-state index in [0.717, 1.165) is 35.4 Å². The second-order valence-electron chi connectivity index (χ2n) is 7.41. The average molecular weight is 413 g/mol. The topological polar surface area (TPSA) is 88.1 Å². The Morgan fingerprint density at radius 1 is 0.839 bits per heavy atom. The van der Waals surface area contributed by atoms with Gasteiger partial charge in [0.15, 0.2) is 0 Å². The molecule has 1 fully saturated rings. The molecule has 156 valence electrons. The van der Waals surface area contributed by atoms with Crippen LogP contribution in [0.1, 0.15) is 5.56 Å². The number of anilines is 5. The Kier molecular flexibility index (Phi) is 5.28. The molecule has 2 N–H and O–H groups in total. The van der Waals surface area contributed by atoms with E-state index in [-0.39, 0.29) is 0 Å². The van der Waals surface area contributed by atoms with Gasteiger partial charge < -0.3 is 20.3 Å². The van der Waals surface area contributed by atoms with E-state index >= 15 is 0 Å². The van der Waals surface area contributed by atoms with Crippen molar-refractivity contribution in [3.8, 4) is 0 Å². The van der Waals surface area contributed by atoms with E-state index in [1.165, 1.54) is 5.56 Å². The van der Waals surface area contributed by atoms with Gasteiger partial charge in [-0.3, -0.25) is 4.98 Å². The van der Waals surface area contributed by atoms with E-state index in [1.54, 1.807) is 6.20 Å². The Balaban J connectivity index is 1.47. The van der Waals surface area contributed by atoms with E-state index in [2.05, 4.69) is 54.5 Å². The van der Waals surface area contributed by atoms with Gasteiger partial charge >= 0.3 is 0 Å². The van der Waals surface area contributed by atoms with Gasteiger partial charge in [0, 0.05) is 36.0 Å². The van der Waals surface area contributed by atoms with Crippen LogP contribution in [0, 0.1) is 6.92 Å². The number of nitrogens with zero attached hydrogens (tertiary/aromatic N) is 5. The van der Waals surface area contributed by atoms with Crippen LogP contribution in [0.2, 0.25) is 0 Å². The van der Waals surface area contributed by atoms with Crippen LogP contribution in [0.15, 0.2) is 60.8 Å². The average Bonchev–Trinajstić information content (AvgIpc) is 2.81. The lowest BCUT2D eigenvalue weighted by Crippen LogP contribution is -2.37. The van der Waals surface area contributed by atoms with Crippen molar-refractivity contribution in [3.63, 3.8) is 0 Å². The van der Waals surface area contributed by atoms with Crippen LogP contribution in [-0.2, 0) is 4.74 Å². The van der Waals surface area contributed by atoms with Crippen LogP contribution < -0.4 is 15.5 Å². The van der Waals surface area contributed by atoms with E-state index in [4.69, 9.17) is 4.74 Å². The van der Waals surface area contributed by atoms with Crippen molar-refractivity contribution >= 4 is 40.1 Å². The molecule has 0 amide bonds. The molecule has 4 aromatic rings. The predicted octanol–water partition coefficient (Wildman–Crippen LogP) is 4.05. The SMILES string of the molecule is Cc1ccc(Nc2nc(Nc3ccc4ncccc4c3)nc(N3CCOCC3)n2)cc1. The molecule has 1 aliphatic heterocycles. The highest BCUT2D eigenvalue weighted by Gasteiger charge is 2.17. The monoisotopic (exact) mass is 413 g/mol. The smallest absolute Gasteiger partial charge is 0.233 e. The zero-order valence-corrected chi connectivity index (χ0v) is 17.2. The van der Waals surface area contributed by atoms with E-state index in [0.29, 0.717) is 31.1 Å². The van der Waals surface area contributed by atoms with Gasteiger partial charge in [0.05, 0.1) is 18.7 Å². The molecule has 0 saturated carbocycles. The predicted molar refractivity (Wildman–Crippen MR) is 122 cm³/mol. The number of fused-ring (bicyclic) bond motifs is 1. The number of ether oxygens (including phenoxy) is 1. The summed E-state index contributed by atoms with van der Waals surface area (Å²) >= 11 is 0. The van der Waals surface area contributed by atoms with Crippen LogP contribution in [0.3, 0.4) is 0 Å². The maximum Gasteiger partial charge on any atom is 0.233 e. The Morgan fingerprint density at radius 3 is 2.32 bits per heavy atom. The first kappa shape index (κ1) is 19.2. The third-order valence-corrected chi connectivity index (χ3v) is 5.08. The van der Waals surface area contributed by atoms with Gasteiger partial charge in [0.2, 0.25) is 17.8 Å². The van der Waals surface area contributed by atoms with Crippen LogP contribution in [-0.4, -0.2) is 46.2 Å². The first-order valence-electron chi connectivity index (χ1n) is 10.3. The second-order valence-corrected chi connectivity index (χ2v) is 7.41. The van der Waals surface area contributed by atoms with E-state index < -0.39 is 0 Å². The Morgan fingerprint density at radius 2 is 1.55 bits per heavy atom. The van der Waals surface area contributed by atoms with Crippen LogP contribution in [0.25, 0.3) is 10.9 Å². The molecule has 31 heavy (non-hydrogen) atoms. The lowest BCUT2D eigenvalue weighted by molar-refractivity contribution is 0.122. The van der Waals surface area contributed by atoms with Gasteiger partial charge in [-0.2, -0.15) is 15.0 Å². The summed E-state index contributed by atoms with van der Waals surface area (Å²) in [7, 11) is 0. The fourth-order valence-electron chi connectivity index (χ4n) is 3.43. The molecule has 5 rings (SSSR count). The van der Waals surface area contributed by atoms with Gasteiger partial charge in [-0.25, -0.2) is 0 Å². The normalized spacial score (nSPS) is 13.9. The van der Waals surface area contributed by atoms with Gasteiger partial charge in [-0.15, -0.1) is 0 Å². The number of rotatable bonds is 5. The zero-order valence-electron chi connectivity index (χ0n) is 17.2. The molecule has 0 bridgehead atoms. The number of nitrogens with one attached hydrogen (secondary N) is 2. The molecule has 8 heteroatoms. The fourth-order valence-corrected chi connectivity index (χ4v) is 3.43. The number of morpholine rings is 1. The number of aromatic nitrogens is 4. The molecular formula is C23H23N7O. The summed E-state index contributed by atoms with van der Waals surface area (Å²) in [5.74, 6) is 1.59. The van der Waals surface area contributed by atoms with Crippen molar-refractivity contribution < 1.29 is 4.74 Å². The molecule has 0 atom stereocenters. The van der Waals surface area contributed by atoms with Crippen molar-refractivity contribution in [2.24, 2.45) is 0 Å². The van der Waals surface area contributed by atoms with Gasteiger partial charge in [-0.1, -0.05) is 23.8 Å². The molecule has 0 radical (unpaired) electrons. The standard InChI is InChI=1S/C23H23N7O/c1-16-4-6-18(7-5-16)25-21-27-22(29-23(28-21)30-11-13-31-14-12-30)26-19-8-9-20-17(15-19)3-2-10-24-20/h2-10,15H,11-14H2,1H3,(H2,25,26,27,28,29). The Bertz CT molecular complexity index is 1190. The highest BCUT2D eigenvalue weighted by Crippen LogP contribution is 2.23. The van der Waals surface area contributed by atoms with E-state index in [1.807, 2.05) is 42.5 Å². The van der Waals surface area contributed by atoms with Crippen molar-refractivity contribution in [2.75, 3.05) is 41.8 Å². The summed E-state index contributed by atoms with van der Waals surface area (Å²) in [6, 6.07) is 18.1. The molecule has 1 aliphatic rings. The van der Waals surface area contributed by atoms with Gasteiger partial charge in [-0.05, 0) is 43.3 Å². The summed E-state index contributed by atoms with van der Waals surface area (Å²) in [5.41, 5.74) is 3.95. The molecule has 2 aromatic carbocycles. The van der Waals surface area contributed by atoms with Gasteiger partial charge in [0.25, 0.3) is 0 Å². The Labute approximate surface area is 180 Å². The summed E-state index contributed by atoms with van der Waals surface area (Å²) in [4.78, 5) is 20.4. The lowest BCUT2D eigenvalue weighted by atomic mass is 10.2. The molecule has 8 nitrogen and oxygen atoms in total. The third-order valence-electron chi connectivity index (χ3n) is 5.08. The number of pyridine rings is 1. The number of benzene rings is 2. The lowest BCUT2D eigenvalue weighted by Gasteiger charge is -2.27. The minimum absolute atomic E-state index is 0.481. The number of hydrogen-bond acceptors (Lipinski definition) is 8. The minimum Gasteiger partial charge on any atom is -0.378 e. The molecule has 0 unspecified atom stereocenters. The van der Waals surface area contributed by atoms with Crippen molar-refractivity contribution in [1.82, 2.24) is 19.9 Å². The second kappa shape index (κ2) is 8.53. The van der Waals surface area contributed by atoms with Crippen LogP contribution in [0.4, 0.5) is 29.2 Å². The maximum atomic E-state index is 5.48. The van der Waals surface area contributed by atoms with Gasteiger partial charge in [0.1, 0.15) is 0 Å².